The highest BCUT2D eigenvalue weighted by Crippen LogP contribution is 2.32. The Hall–Kier alpha value is -1.46. The molecule has 2 aliphatic rings. The van der Waals surface area contributed by atoms with Gasteiger partial charge in [0.25, 0.3) is 0 Å². The highest BCUT2D eigenvalue weighted by Gasteiger charge is 2.43. The van der Waals surface area contributed by atoms with Crippen molar-refractivity contribution in [2.24, 2.45) is 11.1 Å². The Morgan fingerprint density at radius 1 is 1.24 bits per heavy atom. The number of hydrogen-bond donors (Lipinski definition) is 2. The van der Waals surface area contributed by atoms with E-state index < -0.39 is 5.41 Å². The van der Waals surface area contributed by atoms with Crippen LogP contribution in [0.15, 0.2) is 24.3 Å². The van der Waals surface area contributed by atoms with Crippen molar-refractivity contribution in [1.82, 2.24) is 5.32 Å². The van der Waals surface area contributed by atoms with E-state index in [0.29, 0.717) is 31.0 Å². The second kappa shape index (κ2) is 5.73. The van der Waals surface area contributed by atoms with E-state index in [2.05, 4.69) is 17.4 Å². The molecule has 1 aliphatic heterocycles. The van der Waals surface area contributed by atoms with Gasteiger partial charge in [0.1, 0.15) is 5.41 Å². The number of rotatable bonds is 3. The summed E-state index contributed by atoms with van der Waals surface area (Å²) < 4.78 is 5.35. The SMILES string of the molecule is NC(=S)C1(C(=O)NC2Cc3ccccc3C2)CCOCC1. The summed E-state index contributed by atoms with van der Waals surface area (Å²) in [6.07, 6.45) is 2.92. The van der Waals surface area contributed by atoms with Crippen molar-refractivity contribution in [2.45, 2.75) is 31.7 Å². The van der Waals surface area contributed by atoms with Crippen LogP contribution in [0.1, 0.15) is 24.0 Å². The Morgan fingerprint density at radius 2 is 1.81 bits per heavy atom. The van der Waals surface area contributed by atoms with E-state index >= 15 is 0 Å². The van der Waals surface area contributed by atoms with Gasteiger partial charge < -0.3 is 15.8 Å². The van der Waals surface area contributed by atoms with Crippen molar-refractivity contribution in [1.29, 1.82) is 0 Å². The van der Waals surface area contributed by atoms with Crippen molar-refractivity contribution < 1.29 is 9.53 Å². The molecule has 0 bridgehead atoms. The van der Waals surface area contributed by atoms with Gasteiger partial charge in [-0.15, -0.1) is 0 Å². The average molecular weight is 304 g/mol. The summed E-state index contributed by atoms with van der Waals surface area (Å²) in [7, 11) is 0. The van der Waals surface area contributed by atoms with Gasteiger partial charge in [0, 0.05) is 19.3 Å². The molecule has 4 nitrogen and oxygen atoms in total. The lowest BCUT2D eigenvalue weighted by atomic mass is 9.79. The third kappa shape index (κ3) is 2.68. The third-order valence-corrected chi connectivity index (χ3v) is 5.03. The molecule has 3 N–H and O–H groups in total. The Labute approximate surface area is 130 Å². The van der Waals surface area contributed by atoms with E-state index in [1.165, 1.54) is 11.1 Å². The van der Waals surface area contributed by atoms with Gasteiger partial charge in [-0.1, -0.05) is 36.5 Å². The summed E-state index contributed by atoms with van der Waals surface area (Å²) in [5.41, 5.74) is 7.78. The number of ether oxygens (including phenoxy) is 1. The van der Waals surface area contributed by atoms with E-state index in [1.54, 1.807) is 0 Å². The van der Waals surface area contributed by atoms with E-state index in [1.807, 2.05) is 12.1 Å². The zero-order valence-electron chi connectivity index (χ0n) is 11.9. The van der Waals surface area contributed by atoms with Crippen LogP contribution < -0.4 is 11.1 Å². The molecule has 5 heteroatoms. The maximum absolute atomic E-state index is 12.7. The largest absolute Gasteiger partial charge is 0.392 e. The van der Waals surface area contributed by atoms with Gasteiger partial charge in [-0.2, -0.15) is 0 Å². The van der Waals surface area contributed by atoms with Crippen LogP contribution in [0, 0.1) is 5.41 Å². The molecule has 1 aromatic carbocycles. The normalized spacial score (nSPS) is 20.8. The molecule has 0 radical (unpaired) electrons. The monoisotopic (exact) mass is 304 g/mol. The highest BCUT2D eigenvalue weighted by molar-refractivity contribution is 7.80. The van der Waals surface area contributed by atoms with Crippen LogP contribution in [0.25, 0.3) is 0 Å². The number of nitrogens with two attached hydrogens (primary N) is 1. The molecule has 1 aliphatic carbocycles. The van der Waals surface area contributed by atoms with Gasteiger partial charge in [-0.05, 0) is 36.8 Å². The molecule has 0 saturated carbocycles. The first-order valence-corrected chi connectivity index (χ1v) is 7.78. The second-order valence-corrected chi connectivity index (χ2v) is 6.35. The van der Waals surface area contributed by atoms with Crippen LogP contribution in [0.3, 0.4) is 0 Å². The van der Waals surface area contributed by atoms with Crippen molar-refractivity contribution >= 4 is 23.1 Å². The number of hydrogen-bond acceptors (Lipinski definition) is 3. The minimum absolute atomic E-state index is 0.0314. The molecule has 21 heavy (non-hydrogen) atoms. The molecule has 0 unspecified atom stereocenters. The van der Waals surface area contributed by atoms with Crippen LogP contribution in [0.2, 0.25) is 0 Å². The lowest BCUT2D eigenvalue weighted by molar-refractivity contribution is -0.132. The van der Waals surface area contributed by atoms with Crippen LogP contribution >= 0.6 is 12.2 Å². The first-order chi connectivity index (χ1) is 10.1. The van der Waals surface area contributed by atoms with Crippen LogP contribution in [0.5, 0.6) is 0 Å². The number of nitrogens with one attached hydrogen (secondary N) is 1. The predicted molar refractivity (Wildman–Crippen MR) is 85.1 cm³/mol. The minimum atomic E-state index is -0.734. The standard InChI is InChI=1S/C16H20N2O2S/c17-14(21)16(5-7-20-8-6-16)15(19)18-13-9-11-3-1-2-4-12(11)10-13/h1-4,13H,5-10H2,(H2,17,21)(H,18,19). The number of carbonyl (C=O) groups excluding carboxylic acids is 1. The molecule has 3 rings (SSSR count). The van der Waals surface area contributed by atoms with Crippen molar-refractivity contribution in [3.63, 3.8) is 0 Å². The van der Waals surface area contributed by atoms with Crippen molar-refractivity contribution in [3.05, 3.63) is 35.4 Å². The molecular weight excluding hydrogens is 284 g/mol. The molecule has 112 valence electrons. The topological polar surface area (TPSA) is 64.4 Å². The van der Waals surface area contributed by atoms with Gasteiger partial charge >= 0.3 is 0 Å². The fraction of sp³-hybridized carbons (Fsp3) is 0.500. The number of thiocarbonyl (C=S) groups is 1. The molecule has 0 atom stereocenters. The maximum atomic E-state index is 12.7. The Morgan fingerprint density at radius 3 is 2.33 bits per heavy atom. The molecule has 0 aromatic heterocycles. The number of fused-ring (bicyclic) bond motifs is 1. The molecule has 1 fully saturated rings. The van der Waals surface area contributed by atoms with Crippen molar-refractivity contribution in [2.75, 3.05) is 13.2 Å². The second-order valence-electron chi connectivity index (χ2n) is 5.91. The lowest BCUT2D eigenvalue weighted by Gasteiger charge is -2.35. The zero-order valence-corrected chi connectivity index (χ0v) is 12.7. The fourth-order valence-corrected chi connectivity index (χ4v) is 3.59. The van der Waals surface area contributed by atoms with Gasteiger partial charge in [0.05, 0.1) is 4.99 Å². The first kappa shape index (κ1) is 14.5. The van der Waals surface area contributed by atoms with Gasteiger partial charge in [-0.25, -0.2) is 0 Å². The Bertz CT molecular complexity index is 542. The van der Waals surface area contributed by atoms with E-state index in [0.717, 1.165) is 12.8 Å². The summed E-state index contributed by atoms with van der Waals surface area (Å²) in [4.78, 5) is 13.0. The molecule has 0 spiro atoms. The highest BCUT2D eigenvalue weighted by atomic mass is 32.1. The summed E-state index contributed by atoms with van der Waals surface area (Å²) in [6.45, 7) is 1.07. The lowest BCUT2D eigenvalue weighted by Crippen LogP contribution is -2.54. The number of carbonyl (C=O) groups is 1. The summed E-state index contributed by atoms with van der Waals surface area (Å²) >= 11 is 5.18. The maximum Gasteiger partial charge on any atom is 0.233 e. The van der Waals surface area contributed by atoms with Gasteiger partial charge in [0.15, 0.2) is 0 Å². The third-order valence-electron chi connectivity index (χ3n) is 4.64. The zero-order chi connectivity index (χ0) is 14.9. The predicted octanol–water partition coefficient (Wildman–Crippen LogP) is 1.35. The van der Waals surface area contributed by atoms with E-state index in [4.69, 9.17) is 22.7 Å². The molecule has 1 heterocycles. The first-order valence-electron chi connectivity index (χ1n) is 7.37. The van der Waals surface area contributed by atoms with E-state index in [-0.39, 0.29) is 11.9 Å². The Balaban J connectivity index is 1.70. The summed E-state index contributed by atoms with van der Waals surface area (Å²) in [5, 5.41) is 3.16. The van der Waals surface area contributed by atoms with Gasteiger partial charge in [0.2, 0.25) is 5.91 Å². The number of benzene rings is 1. The minimum Gasteiger partial charge on any atom is -0.392 e. The molecule has 1 saturated heterocycles. The van der Waals surface area contributed by atoms with Gasteiger partial charge in [-0.3, -0.25) is 4.79 Å². The number of amides is 1. The summed E-state index contributed by atoms with van der Waals surface area (Å²) in [5.74, 6) is -0.0314. The fourth-order valence-electron chi connectivity index (χ4n) is 3.29. The van der Waals surface area contributed by atoms with Crippen LogP contribution in [0.4, 0.5) is 0 Å². The van der Waals surface area contributed by atoms with Crippen molar-refractivity contribution in [3.8, 4) is 0 Å². The Kier molecular flexibility index (Phi) is 3.95. The van der Waals surface area contributed by atoms with Crippen LogP contribution in [-0.2, 0) is 22.4 Å². The molecule has 1 aromatic rings. The summed E-state index contributed by atoms with van der Waals surface area (Å²) in [6, 6.07) is 8.47. The average Bonchev–Trinajstić information content (AvgIpc) is 2.89. The van der Waals surface area contributed by atoms with Crippen LogP contribution in [-0.4, -0.2) is 30.2 Å². The quantitative estimate of drug-likeness (QED) is 0.828. The van der Waals surface area contributed by atoms with E-state index in [9.17, 15) is 4.79 Å². The molecular formula is C16H20N2O2S. The smallest absolute Gasteiger partial charge is 0.233 e. The molecule has 1 amide bonds.